The number of nitrogens with zero attached hydrogens (tertiary/aromatic N) is 7. The first-order valence-corrected chi connectivity index (χ1v) is 24.6. The Labute approximate surface area is 447 Å². The Morgan fingerprint density at radius 3 is 1.94 bits per heavy atom. The lowest BCUT2D eigenvalue weighted by atomic mass is 9.75. The number of anilines is 1. The van der Waals surface area contributed by atoms with Gasteiger partial charge >= 0.3 is 31.0 Å². The number of ether oxygens (including phenoxy) is 3. The number of esters is 1. The van der Waals surface area contributed by atoms with Crippen LogP contribution in [0.1, 0.15) is 69.3 Å². The van der Waals surface area contributed by atoms with Crippen molar-refractivity contribution in [3.8, 4) is 23.0 Å². The molecule has 2 amide bonds. The monoisotopic (exact) mass is 1130 g/mol. The van der Waals surface area contributed by atoms with Crippen molar-refractivity contribution in [2.45, 2.75) is 90.6 Å². The predicted molar refractivity (Wildman–Crippen MR) is 262 cm³/mol. The Kier molecular flexibility index (Phi) is 19.8. The molecule has 0 spiro atoms. The summed E-state index contributed by atoms with van der Waals surface area (Å²) >= 11 is 0. The minimum atomic E-state index is -5.16. The predicted octanol–water partition coefficient (Wildman–Crippen LogP) is 7.03. The molecule has 27 heteroatoms. The molecule has 2 fully saturated rings. The number of carbonyl (C=O) groups excluding carboxylic acids is 4. The van der Waals surface area contributed by atoms with Crippen LogP contribution in [-0.4, -0.2) is 149 Å². The van der Waals surface area contributed by atoms with Crippen molar-refractivity contribution in [2.75, 3.05) is 65.1 Å². The summed E-state index contributed by atoms with van der Waals surface area (Å²) in [6.07, 6.45) is -11.4. The Balaban J connectivity index is 1.32. The second-order valence-electron chi connectivity index (χ2n) is 20.2. The van der Waals surface area contributed by atoms with Gasteiger partial charge in [-0.2, -0.15) is 40.2 Å². The summed E-state index contributed by atoms with van der Waals surface area (Å²) < 4.78 is 161. The van der Waals surface area contributed by atoms with Crippen molar-refractivity contribution in [3.63, 3.8) is 0 Å². The number of ketones is 1. The summed E-state index contributed by atoms with van der Waals surface area (Å²) in [6.45, 7) is 1.80. The van der Waals surface area contributed by atoms with Gasteiger partial charge in [0.05, 0.1) is 74.5 Å². The molecule has 0 bridgehead atoms. The van der Waals surface area contributed by atoms with Crippen molar-refractivity contribution >= 4 is 29.7 Å². The molecule has 17 nitrogen and oxygen atoms in total. The van der Waals surface area contributed by atoms with Crippen LogP contribution in [0.5, 0.6) is 0 Å². The normalized spacial score (nSPS) is 16.3. The molecule has 0 aliphatic carbocycles. The van der Waals surface area contributed by atoms with Crippen LogP contribution >= 0.6 is 0 Å². The highest BCUT2D eigenvalue weighted by molar-refractivity contribution is 5.88. The van der Waals surface area contributed by atoms with E-state index in [1.807, 2.05) is 5.32 Å². The number of alkyl carbamates (subject to hydrolysis) is 1. The second-order valence-corrected chi connectivity index (χ2v) is 20.2. The molecule has 4 atom stereocenters. The first-order valence-electron chi connectivity index (χ1n) is 24.6. The maximum absolute atomic E-state index is 16.0. The summed E-state index contributed by atoms with van der Waals surface area (Å²) in [7, 11) is 1.69. The van der Waals surface area contributed by atoms with Gasteiger partial charge in [-0.3, -0.25) is 24.7 Å². The number of Topliss-reactive ketones (excluding diaryl/α,β-unsaturated/α-hetero) is 1. The molecular weight excluding hydrogens is 1070 g/mol. The first-order chi connectivity index (χ1) is 37.0. The van der Waals surface area contributed by atoms with Gasteiger partial charge in [-0.15, -0.1) is 0 Å². The highest BCUT2D eigenvalue weighted by Gasteiger charge is 2.57. The number of nitrogens with one attached hydrogen (secondary N) is 2. The fraction of sp³-hybridized carbons (Fsp3) is 0.519. The summed E-state index contributed by atoms with van der Waals surface area (Å²) in [5.74, 6) is -4.23. The van der Waals surface area contributed by atoms with Crippen LogP contribution < -0.4 is 15.6 Å². The number of benzene rings is 2. The molecule has 430 valence electrons. The van der Waals surface area contributed by atoms with Gasteiger partial charge in [-0.05, 0) is 61.6 Å². The van der Waals surface area contributed by atoms with E-state index in [1.165, 1.54) is 12.1 Å². The SMILES string of the molecule is COC(=O)C[C@H](C(=O)NN(Cc1c(F)cc(-c2cnn(C(F)F)c2)cc1F)C[C@H](O)[C@@H](CC(=O)[C@@H](NC(=O)OC)C(C)(C)C(F)(F)F)Cc1ccc(C#Cc2cnc(N3CCN(C4COC4)CC3)nc2)cc1)C(C)(C)C(F)(F)F. The quantitative estimate of drug-likeness (QED) is 0.0333. The maximum Gasteiger partial charge on any atom is 0.407 e. The van der Waals surface area contributed by atoms with Crippen LogP contribution in [0.3, 0.4) is 0 Å². The fourth-order valence-corrected chi connectivity index (χ4v) is 8.75. The number of aliphatic hydroxyl groups is 1. The lowest BCUT2D eigenvalue weighted by molar-refractivity contribution is -0.231. The minimum Gasteiger partial charge on any atom is -0.469 e. The van der Waals surface area contributed by atoms with Crippen LogP contribution in [-0.2, 0) is 41.6 Å². The molecule has 6 rings (SSSR count). The smallest absolute Gasteiger partial charge is 0.407 e. The molecule has 0 saturated carbocycles. The molecule has 0 unspecified atom stereocenters. The van der Waals surface area contributed by atoms with Gasteiger partial charge in [0.15, 0.2) is 5.78 Å². The number of amides is 2. The highest BCUT2D eigenvalue weighted by Crippen LogP contribution is 2.46. The van der Waals surface area contributed by atoms with Crippen LogP contribution in [0.2, 0.25) is 0 Å². The van der Waals surface area contributed by atoms with E-state index in [0.29, 0.717) is 86.7 Å². The number of aliphatic hydroxyl groups excluding tert-OH is 1. The zero-order valence-corrected chi connectivity index (χ0v) is 43.7. The minimum absolute atomic E-state index is 0.161. The molecule has 79 heavy (non-hydrogen) atoms. The van der Waals surface area contributed by atoms with Crippen molar-refractivity contribution < 1.29 is 82.4 Å². The maximum atomic E-state index is 16.0. The third-order valence-electron chi connectivity index (χ3n) is 14.2. The van der Waals surface area contributed by atoms with E-state index in [-0.39, 0.29) is 22.2 Å². The Morgan fingerprint density at radius 1 is 0.823 bits per heavy atom. The number of hydrogen-bond acceptors (Lipinski definition) is 14. The number of alkyl halides is 8. The van der Waals surface area contributed by atoms with Crippen molar-refractivity contribution in [2.24, 2.45) is 22.7 Å². The molecule has 4 aromatic rings. The van der Waals surface area contributed by atoms with Gasteiger partial charge in [0, 0.05) is 81.0 Å². The van der Waals surface area contributed by atoms with Gasteiger partial charge in [-0.1, -0.05) is 37.8 Å². The molecule has 2 aliphatic heterocycles. The van der Waals surface area contributed by atoms with E-state index in [1.54, 1.807) is 24.5 Å². The van der Waals surface area contributed by atoms with Crippen LogP contribution in [0, 0.1) is 46.1 Å². The van der Waals surface area contributed by atoms with Crippen LogP contribution in [0.25, 0.3) is 11.1 Å². The summed E-state index contributed by atoms with van der Waals surface area (Å²) in [4.78, 5) is 66.5. The number of carbonyl (C=O) groups is 4. The zero-order chi connectivity index (χ0) is 58.2. The number of halogens is 10. The average Bonchev–Trinajstić information content (AvgIpc) is 3.99. The van der Waals surface area contributed by atoms with Gasteiger partial charge in [0.25, 0.3) is 0 Å². The van der Waals surface area contributed by atoms with Gasteiger partial charge in [-0.25, -0.2) is 33.2 Å². The second kappa shape index (κ2) is 25.5. The molecule has 2 saturated heterocycles. The van der Waals surface area contributed by atoms with Gasteiger partial charge in [0.2, 0.25) is 11.9 Å². The largest absolute Gasteiger partial charge is 0.469 e. The van der Waals surface area contributed by atoms with E-state index < -0.39 is 121 Å². The molecule has 3 N–H and O–H groups in total. The molecule has 4 heterocycles. The van der Waals surface area contributed by atoms with E-state index in [2.05, 4.69) is 51.6 Å². The van der Waals surface area contributed by atoms with Crippen molar-refractivity contribution in [1.82, 2.24) is 40.4 Å². The van der Waals surface area contributed by atoms with Crippen LogP contribution in [0.15, 0.2) is 61.2 Å². The third kappa shape index (κ3) is 15.3. The average molecular weight is 1130 g/mol. The topological polar surface area (TPSA) is 194 Å². The standard InChI is InChI=1S/C52H59F10N9O8/c1-49(2,51(57,58)59)38(21-43(74)77-5)45(75)67-70(26-37-39(53)18-33(19-40(37)54)35-24-65-71(25-35)46(55)56)27-42(73)34(20-41(72)44(66-48(76)78-6)50(3,4)52(60,61)62)17-31-10-7-30(8-11-31)9-12-32-22-63-47(64-23-32)69-15-13-68(14-16-69)36-28-79-29-36/h7-8,10-11,18-19,22-25,34,36,38,42,44,46,73H,13-17,20-21,26-29H2,1-6H3,(H,66,76)(H,67,75)/t34-,38-,42+,44-/m1/s1. The number of aromatic nitrogens is 4. The number of piperazine rings is 1. The van der Waals surface area contributed by atoms with Gasteiger partial charge in [0.1, 0.15) is 17.7 Å². The Bertz CT molecular complexity index is 2800. The molecule has 2 aliphatic rings. The molecule has 2 aromatic heterocycles. The summed E-state index contributed by atoms with van der Waals surface area (Å²) in [6, 6.07) is 5.61. The number of hydrogen-bond donors (Lipinski definition) is 3. The molecule has 0 radical (unpaired) electrons. The number of rotatable bonds is 21. The lowest BCUT2D eigenvalue weighted by Gasteiger charge is -2.42. The van der Waals surface area contributed by atoms with E-state index >= 15 is 8.78 Å². The van der Waals surface area contributed by atoms with Crippen molar-refractivity contribution in [1.29, 1.82) is 0 Å². The molecular formula is C52H59F10N9O8. The van der Waals surface area contributed by atoms with E-state index in [4.69, 9.17) is 4.74 Å². The highest BCUT2D eigenvalue weighted by atomic mass is 19.4. The first kappa shape index (κ1) is 61.3. The van der Waals surface area contributed by atoms with Gasteiger partial charge < -0.3 is 29.5 Å². The molecule has 2 aromatic carbocycles. The number of methoxy groups -OCH3 is 2. The van der Waals surface area contributed by atoms with E-state index in [9.17, 15) is 59.4 Å². The summed E-state index contributed by atoms with van der Waals surface area (Å²) in [5, 5.41) is 18.1. The lowest BCUT2D eigenvalue weighted by Crippen LogP contribution is -2.57. The van der Waals surface area contributed by atoms with Crippen LogP contribution in [0.4, 0.5) is 54.6 Å². The zero-order valence-electron chi connectivity index (χ0n) is 43.7. The van der Waals surface area contributed by atoms with Crippen molar-refractivity contribution in [3.05, 3.63) is 95.1 Å². The Hall–Kier alpha value is -6.89. The summed E-state index contributed by atoms with van der Waals surface area (Å²) in [5.41, 5.74) is -3.94. The Morgan fingerprint density at radius 2 is 1.42 bits per heavy atom. The van der Waals surface area contributed by atoms with E-state index in [0.717, 1.165) is 52.8 Å². The number of hydrazine groups is 1. The fourth-order valence-electron chi connectivity index (χ4n) is 8.75. The third-order valence-corrected chi connectivity index (χ3v) is 14.2.